The Kier molecular flexibility index (Phi) is 5.55. The Morgan fingerprint density at radius 2 is 1.67 bits per heavy atom. The second-order valence-corrected chi connectivity index (χ2v) is 3.99. The highest BCUT2D eigenvalue weighted by Crippen LogP contribution is 2.34. The number of hydrogen-bond acceptors (Lipinski definition) is 3. The van der Waals surface area contributed by atoms with Crippen LogP contribution in [0.25, 0.3) is 0 Å². The lowest BCUT2D eigenvalue weighted by Crippen LogP contribution is -2.43. The summed E-state index contributed by atoms with van der Waals surface area (Å²) in [7, 11) is 0. The Hall–Kier alpha value is -0.860. The zero-order chi connectivity index (χ0) is 12.1. The van der Waals surface area contributed by atoms with E-state index in [1.165, 1.54) is 6.92 Å². The van der Waals surface area contributed by atoms with Crippen molar-refractivity contribution in [1.82, 2.24) is 0 Å². The number of carbonyl (C=O) groups excluding carboxylic acids is 2. The predicted octanol–water partition coefficient (Wildman–Crippen LogP) is 2.58. The van der Waals surface area contributed by atoms with Gasteiger partial charge in [-0.1, -0.05) is 26.7 Å². The lowest BCUT2D eigenvalue weighted by atomic mass is 9.71. The molecule has 15 heavy (non-hydrogen) atoms. The molecular weight excluding hydrogens is 192 g/mol. The van der Waals surface area contributed by atoms with E-state index in [9.17, 15) is 9.59 Å². The van der Waals surface area contributed by atoms with E-state index >= 15 is 0 Å². The third kappa shape index (κ3) is 2.80. The molecule has 0 heterocycles. The van der Waals surface area contributed by atoms with Crippen LogP contribution in [0.15, 0.2) is 0 Å². The van der Waals surface area contributed by atoms with Gasteiger partial charge in [0.15, 0.2) is 0 Å². The first-order valence-electron chi connectivity index (χ1n) is 5.63. The molecule has 0 saturated heterocycles. The van der Waals surface area contributed by atoms with E-state index < -0.39 is 5.41 Å². The van der Waals surface area contributed by atoms with Crippen LogP contribution in [0, 0.1) is 11.3 Å². The van der Waals surface area contributed by atoms with Gasteiger partial charge >= 0.3 is 5.97 Å². The maximum absolute atomic E-state index is 11.8. The summed E-state index contributed by atoms with van der Waals surface area (Å²) in [5.41, 5.74) is -0.973. The SMILES string of the molecule is CCOC(=O)C(C)(C(C)=O)C(CC)CC. The van der Waals surface area contributed by atoms with Crippen LogP contribution >= 0.6 is 0 Å². The molecule has 0 aromatic rings. The second-order valence-electron chi connectivity index (χ2n) is 3.99. The van der Waals surface area contributed by atoms with Crippen LogP contribution in [0.2, 0.25) is 0 Å². The zero-order valence-electron chi connectivity index (χ0n) is 10.4. The van der Waals surface area contributed by atoms with Gasteiger partial charge in [0.05, 0.1) is 6.61 Å². The molecule has 0 saturated carbocycles. The second kappa shape index (κ2) is 5.89. The number of Topliss-reactive ketones (excluding diaryl/α,β-unsaturated/α-hetero) is 1. The average molecular weight is 214 g/mol. The van der Waals surface area contributed by atoms with Gasteiger partial charge in [-0.15, -0.1) is 0 Å². The molecule has 0 amide bonds. The van der Waals surface area contributed by atoms with E-state index in [1.807, 2.05) is 13.8 Å². The van der Waals surface area contributed by atoms with E-state index in [4.69, 9.17) is 4.74 Å². The topological polar surface area (TPSA) is 43.4 Å². The molecule has 0 aliphatic rings. The van der Waals surface area contributed by atoms with Crippen molar-refractivity contribution in [3.8, 4) is 0 Å². The number of esters is 1. The number of hydrogen-bond donors (Lipinski definition) is 0. The Bertz CT molecular complexity index is 231. The highest BCUT2D eigenvalue weighted by Gasteiger charge is 2.45. The fraction of sp³-hybridized carbons (Fsp3) is 0.833. The van der Waals surface area contributed by atoms with Crippen molar-refractivity contribution in [3.63, 3.8) is 0 Å². The van der Waals surface area contributed by atoms with E-state index in [1.54, 1.807) is 13.8 Å². The summed E-state index contributed by atoms with van der Waals surface area (Å²) in [6, 6.07) is 0. The van der Waals surface area contributed by atoms with Gasteiger partial charge in [-0.25, -0.2) is 0 Å². The Balaban J connectivity index is 5.03. The summed E-state index contributed by atoms with van der Waals surface area (Å²) in [4.78, 5) is 23.5. The number of ketones is 1. The van der Waals surface area contributed by atoms with Crippen molar-refractivity contribution in [1.29, 1.82) is 0 Å². The molecule has 3 nitrogen and oxygen atoms in total. The molecular formula is C12H22O3. The van der Waals surface area contributed by atoms with Gasteiger partial charge in [-0.3, -0.25) is 9.59 Å². The predicted molar refractivity (Wildman–Crippen MR) is 59.5 cm³/mol. The average Bonchev–Trinajstić information content (AvgIpc) is 2.19. The summed E-state index contributed by atoms with van der Waals surface area (Å²) in [5.74, 6) is -0.421. The maximum atomic E-state index is 11.8. The summed E-state index contributed by atoms with van der Waals surface area (Å²) in [5, 5.41) is 0. The van der Waals surface area contributed by atoms with Gasteiger partial charge in [0.2, 0.25) is 0 Å². The lowest BCUT2D eigenvalue weighted by molar-refractivity contribution is -0.162. The number of rotatable bonds is 6. The largest absolute Gasteiger partial charge is 0.465 e. The number of ether oxygens (including phenoxy) is 1. The minimum Gasteiger partial charge on any atom is -0.465 e. The summed E-state index contributed by atoms with van der Waals surface area (Å²) in [6.45, 7) is 9.23. The first-order chi connectivity index (χ1) is 6.94. The molecule has 0 rings (SSSR count). The molecule has 88 valence electrons. The van der Waals surface area contributed by atoms with E-state index in [0.29, 0.717) is 6.61 Å². The van der Waals surface area contributed by atoms with Crippen molar-refractivity contribution < 1.29 is 14.3 Å². The first-order valence-corrected chi connectivity index (χ1v) is 5.63. The fourth-order valence-electron chi connectivity index (χ4n) is 1.98. The van der Waals surface area contributed by atoms with Crippen molar-refractivity contribution in [2.45, 2.75) is 47.5 Å². The molecule has 0 spiro atoms. The molecule has 0 fully saturated rings. The van der Waals surface area contributed by atoms with Crippen molar-refractivity contribution >= 4 is 11.8 Å². The Labute approximate surface area is 92.2 Å². The summed E-state index contributed by atoms with van der Waals surface area (Å²) in [6.07, 6.45) is 1.62. The van der Waals surface area contributed by atoms with E-state index in [-0.39, 0.29) is 17.7 Å². The van der Waals surface area contributed by atoms with Crippen LogP contribution < -0.4 is 0 Å². The highest BCUT2D eigenvalue weighted by atomic mass is 16.5. The van der Waals surface area contributed by atoms with Crippen LogP contribution in [0.1, 0.15) is 47.5 Å². The quantitative estimate of drug-likeness (QED) is 0.504. The standard InChI is InChI=1S/C12H22O3/c1-6-10(7-2)12(5,9(4)13)11(14)15-8-3/h10H,6-8H2,1-5H3. The zero-order valence-corrected chi connectivity index (χ0v) is 10.4. The van der Waals surface area contributed by atoms with Gasteiger partial charge in [0.25, 0.3) is 0 Å². The van der Waals surface area contributed by atoms with Crippen LogP contribution in [-0.4, -0.2) is 18.4 Å². The van der Waals surface area contributed by atoms with Gasteiger partial charge < -0.3 is 4.74 Å². The molecule has 1 unspecified atom stereocenters. The van der Waals surface area contributed by atoms with Gasteiger partial charge in [-0.2, -0.15) is 0 Å². The van der Waals surface area contributed by atoms with Crippen molar-refractivity contribution in [2.24, 2.45) is 11.3 Å². The van der Waals surface area contributed by atoms with Gasteiger partial charge in [0, 0.05) is 0 Å². The van der Waals surface area contributed by atoms with Crippen LogP contribution in [-0.2, 0) is 14.3 Å². The van der Waals surface area contributed by atoms with E-state index in [0.717, 1.165) is 12.8 Å². The molecule has 0 radical (unpaired) electrons. The normalized spacial score (nSPS) is 14.8. The number of carbonyl (C=O) groups is 2. The third-order valence-electron chi connectivity index (χ3n) is 3.23. The summed E-state index contributed by atoms with van der Waals surface area (Å²) >= 11 is 0. The molecule has 0 N–H and O–H groups in total. The Morgan fingerprint density at radius 3 is 1.93 bits per heavy atom. The molecule has 1 atom stereocenters. The summed E-state index contributed by atoms with van der Waals surface area (Å²) < 4.78 is 4.99. The molecule has 0 aliphatic heterocycles. The molecule has 3 heteroatoms. The fourth-order valence-corrected chi connectivity index (χ4v) is 1.98. The lowest BCUT2D eigenvalue weighted by Gasteiger charge is -2.31. The maximum Gasteiger partial charge on any atom is 0.319 e. The van der Waals surface area contributed by atoms with Crippen molar-refractivity contribution in [2.75, 3.05) is 6.61 Å². The van der Waals surface area contributed by atoms with Crippen molar-refractivity contribution in [3.05, 3.63) is 0 Å². The van der Waals surface area contributed by atoms with Crippen LogP contribution in [0.3, 0.4) is 0 Å². The van der Waals surface area contributed by atoms with Crippen LogP contribution in [0.4, 0.5) is 0 Å². The third-order valence-corrected chi connectivity index (χ3v) is 3.23. The monoisotopic (exact) mass is 214 g/mol. The highest BCUT2D eigenvalue weighted by molar-refractivity contribution is 6.02. The smallest absolute Gasteiger partial charge is 0.319 e. The molecule has 0 aromatic carbocycles. The minimum absolute atomic E-state index is 0.0639. The van der Waals surface area contributed by atoms with E-state index in [2.05, 4.69) is 0 Å². The molecule has 0 aliphatic carbocycles. The molecule has 0 aromatic heterocycles. The first kappa shape index (κ1) is 14.1. The van der Waals surface area contributed by atoms with Gasteiger partial charge in [-0.05, 0) is 26.7 Å². The minimum atomic E-state index is -0.973. The van der Waals surface area contributed by atoms with Crippen LogP contribution in [0.5, 0.6) is 0 Å². The molecule has 0 bridgehead atoms. The Morgan fingerprint density at radius 1 is 1.20 bits per heavy atom. The van der Waals surface area contributed by atoms with Gasteiger partial charge in [0.1, 0.15) is 11.2 Å².